The van der Waals surface area contributed by atoms with E-state index in [0.717, 1.165) is 37.3 Å². The van der Waals surface area contributed by atoms with E-state index < -0.39 is 0 Å². The first kappa shape index (κ1) is 17.7. The molecular formula is C22H27N3O3. The molecule has 0 aliphatic carbocycles. The normalized spacial score (nSPS) is 31.4. The van der Waals surface area contributed by atoms with Crippen LogP contribution in [0.15, 0.2) is 34.9 Å². The lowest BCUT2D eigenvalue weighted by Gasteiger charge is -2.51. The zero-order valence-corrected chi connectivity index (χ0v) is 16.4. The zero-order chi connectivity index (χ0) is 19.4. The molecule has 6 rings (SSSR count). The highest BCUT2D eigenvalue weighted by atomic mass is 16.5. The Morgan fingerprint density at radius 3 is 2.68 bits per heavy atom. The number of phenols is 1. The van der Waals surface area contributed by atoms with E-state index in [9.17, 15) is 9.90 Å². The fourth-order valence-corrected chi connectivity index (χ4v) is 5.51. The summed E-state index contributed by atoms with van der Waals surface area (Å²) in [5.74, 6) is 1.96. The number of hydrogen-bond acceptors (Lipinski definition) is 5. The molecule has 0 unspecified atom stereocenters. The van der Waals surface area contributed by atoms with Crippen molar-refractivity contribution in [2.45, 2.75) is 50.6 Å². The molecule has 4 saturated heterocycles. The van der Waals surface area contributed by atoms with E-state index in [4.69, 9.17) is 4.52 Å². The molecule has 6 nitrogen and oxygen atoms in total. The molecule has 2 aromatic rings. The minimum absolute atomic E-state index is 0.0259. The first-order valence-electron chi connectivity index (χ1n) is 10.3. The van der Waals surface area contributed by atoms with Crippen LogP contribution in [0.25, 0.3) is 0 Å². The van der Waals surface area contributed by atoms with Gasteiger partial charge in [-0.25, -0.2) is 0 Å². The molecule has 1 aromatic carbocycles. The molecule has 1 amide bonds. The monoisotopic (exact) mass is 381 g/mol. The number of fused-ring (bicyclic) bond motifs is 2. The summed E-state index contributed by atoms with van der Waals surface area (Å²) in [6.45, 7) is 6.93. The Kier molecular flexibility index (Phi) is 4.19. The maximum Gasteiger partial charge on any atom is 0.276 e. The fraction of sp³-hybridized carbons (Fsp3) is 0.545. The number of carbonyl (C=O) groups excluding carboxylic acids is 1. The van der Waals surface area contributed by atoms with E-state index in [1.165, 1.54) is 0 Å². The standard InChI is InChI=1S/C22H27N3O3/c1-13(2)19-11-18(23-28-19)22(27)25-12-17(15-4-3-5-16(26)10-15)21-20(25)14-6-8-24(21)9-7-14/h3-5,10-11,13-14,17,20-21,26H,6-9,12H2,1-2H3/t17-,20+,21+/m0/s1. The van der Waals surface area contributed by atoms with Gasteiger partial charge < -0.3 is 14.5 Å². The number of likely N-dealkylation sites (tertiary alicyclic amines) is 1. The van der Waals surface area contributed by atoms with E-state index in [-0.39, 0.29) is 29.5 Å². The molecule has 4 aliphatic heterocycles. The maximum absolute atomic E-state index is 13.4. The summed E-state index contributed by atoms with van der Waals surface area (Å²) in [5, 5.41) is 14.1. The van der Waals surface area contributed by atoms with Crippen molar-refractivity contribution in [2.75, 3.05) is 19.6 Å². The van der Waals surface area contributed by atoms with Crippen LogP contribution in [-0.2, 0) is 0 Å². The molecule has 1 aromatic heterocycles. The van der Waals surface area contributed by atoms with Crippen LogP contribution in [0.5, 0.6) is 5.75 Å². The van der Waals surface area contributed by atoms with Crippen LogP contribution in [0.1, 0.15) is 60.3 Å². The number of aromatic nitrogens is 1. The van der Waals surface area contributed by atoms with Gasteiger partial charge in [0.15, 0.2) is 5.69 Å². The smallest absolute Gasteiger partial charge is 0.276 e. The van der Waals surface area contributed by atoms with Crippen molar-refractivity contribution in [3.8, 4) is 5.75 Å². The van der Waals surface area contributed by atoms with Gasteiger partial charge in [0.2, 0.25) is 0 Å². The minimum atomic E-state index is -0.0259. The van der Waals surface area contributed by atoms with Crippen molar-refractivity contribution < 1.29 is 14.4 Å². The highest BCUT2D eigenvalue weighted by molar-refractivity contribution is 5.93. The number of hydrogen-bond donors (Lipinski definition) is 1. The highest BCUT2D eigenvalue weighted by Gasteiger charge is 2.55. The predicted octanol–water partition coefficient (Wildman–Crippen LogP) is 3.21. The van der Waals surface area contributed by atoms with Crippen LogP contribution in [0, 0.1) is 5.92 Å². The molecule has 1 N–H and O–H groups in total. The Morgan fingerprint density at radius 2 is 2.00 bits per heavy atom. The van der Waals surface area contributed by atoms with Crippen molar-refractivity contribution in [3.63, 3.8) is 0 Å². The van der Waals surface area contributed by atoms with Gasteiger partial charge in [-0.2, -0.15) is 0 Å². The average Bonchev–Trinajstić information content (AvgIpc) is 3.35. The molecule has 4 aliphatic rings. The molecule has 0 spiro atoms. The fourth-order valence-electron chi connectivity index (χ4n) is 5.51. The van der Waals surface area contributed by atoms with Gasteiger partial charge in [0.05, 0.1) is 6.04 Å². The zero-order valence-electron chi connectivity index (χ0n) is 16.4. The van der Waals surface area contributed by atoms with Gasteiger partial charge in [-0.05, 0) is 49.5 Å². The number of aromatic hydroxyl groups is 1. The third-order valence-electron chi connectivity index (χ3n) is 6.87. The summed E-state index contributed by atoms with van der Waals surface area (Å²) in [6.07, 6.45) is 2.29. The van der Waals surface area contributed by atoms with E-state index in [1.807, 2.05) is 30.9 Å². The lowest BCUT2D eigenvalue weighted by Crippen LogP contribution is -2.60. The quantitative estimate of drug-likeness (QED) is 0.884. The van der Waals surface area contributed by atoms with Crippen molar-refractivity contribution in [1.29, 1.82) is 0 Å². The number of amides is 1. The van der Waals surface area contributed by atoms with Crippen LogP contribution in [-0.4, -0.2) is 57.7 Å². The Morgan fingerprint density at radius 1 is 1.21 bits per heavy atom. The van der Waals surface area contributed by atoms with Crippen LogP contribution in [0.2, 0.25) is 0 Å². The Labute approximate surface area is 165 Å². The number of benzene rings is 1. The highest BCUT2D eigenvalue weighted by Crippen LogP contribution is 2.47. The average molecular weight is 381 g/mol. The largest absolute Gasteiger partial charge is 0.508 e. The minimum Gasteiger partial charge on any atom is -0.508 e. The predicted molar refractivity (Wildman–Crippen MR) is 104 cm³/mol. The molecule has 28 heavy (non-hydrogen) atoms. The van der Waals surface area contributed by atoms with Crippen molar-refractivity contribution >= 4 is 5.91 Å². The second-order valence-corrected chi connectivity index (χ2v) is 8.78. The lowest BCUT2D eigenvalue weighted by atomic mass is 9.75. The van der Waals surface area contributed by atoms with Crippen molar-refractivity contribution in [2.24, 2.45) is 5.92 Å². The van der Waals surface area contributed by atoms with Gasteiger partial charge in [-0.15, -0.1) is 0 Å². The van der Waals surface area contributed by atoms with E-state index >= 15 is 0 Å². The summed E-state index contributed by atoms with van der Waals surface area (Å²) in [6, 6.07) is 9.85. The molecule has 4 fully saturated rings. The lowest BCUT2D eigenvalue weighted by molar-refractivity contribution is -0.00370. The number of carbonyl (C=O) groups is 1. The summed E-state index contributed by atoms with van der Waals surface area (Å²) >= 11 is 0. The van der Waals surface area contributed by atoms with Crippen LogP contribution >= 0.6 is 0 Å². The van der Waals surface area contributed by atoms with E-state index in [0.29, 0.717) is 24.2 Å². The number of piperidine rings is 3. The molecule has 2 bridgehead atoms. The van der Waals surface area contributed by atoms with Crippen LogP contribution < -0.4 is 0 Å². The van der Waals surface area contributed by atoms with Gasteiger partial charge in [0.25, 0.3) is 5.91 Å². The van der Waals surface area contributed by atoms with Gasteiger partial charge in [0, 0.05) is 30.5 Å². The summed E-state index contributed by atoms with van der Waals surface area (Å²) in [7, 11) is 0. The Balaban J connectivity index is 1.50. The van der Waals surface area contributed by atoms with Gasteiger partial charge in [-0.1, -0.05) is 31.1 Å². The van der Waals surface area contributed by atoms with E-state index in [1.54, 1.807) is 12.1 Å². The van der Waals surface area contributed by atoms with E-state index in [2.05, 4.69) is 16.1 Å². The summed E-state index contributed by atoms with van der Waals surface area (Å²) in [5.41, 5.74) is 1.52. The Bertz CT molecular complexity index is 885. The van der Waals surface area contributed by atoms with Crippen molar-refractivity contribution in [1.82, 2.24) is 15.0 Å². The molecule has 3 atom stereocenters. The topological polar surface area (TPSA) is 69.8 Å². The Hall–Kier alpha value is -2.34. The maximum atomic E-state index is 13.4. The van der Waals surface area contributed by atoms with Crippen LogP contribution in [0.3, 0.4) is 0 Å². The summed E-state index contributed by atoms with van der Waals surface area (Å²) < 4.78 is 5.39. The molecule has 6 heteroatoms. The second kappa shape index (κ2) is 6.62. The summed E-state index contributed by atoms with van der Waals surface area (Å²) in [4.78, 5) is 18.0. The first-order chi connectivity index (χ1) is 13.5. The number of nitrogens with zero attached hydrogens (tertiary/aromatic N) is 3. The third kappa shape index (κ3) is 2.73. The molecule has 0 saturated carbocycles. The first-order valence-corrected chi connectivity index (χ1v) is 10.3. The molecule has 5 heterocycles. The molecule has 148 valence electrons. The molecule has 0 radical (unpaired) electrons. The van der Waals surface area contributed by atoms with Gasteiger partial charge >= 0.3 is 0 Å². The second-order valence-electron chi connectivity index (χ2n) is 8.78. The van der Waals surface area contributed by atoms with Gasteiger partial charge in [-0.3, -0.25) is 9.69 Å². The molecular weight excluding hydrogens is 354 g/mol. The van der Waals surface area contributed by atoms with Crippen LogP contribution in [0.4, 0.5) is 0 Å². The van der Waals surface area contributed by atoms with Crippen molar-refractivity contribution in [3.05, 3.63) is 47.3 Å². The third-order valence-corrected chi connectivity index (χ3v) is 6.87. The SMILES string of the molecule is CC(C)c1cc(C(=O)N2C[C@@H](c3cccc(O)c3)[C@@H]3[C@H]2C2CCN3CC2)no1. The number of phenolic OH excluding ortho intramolecular Hbond substituents is 1. The van der Waals surface area contributed by atoms with Gasteiger partial charge in [0.1, 0.15) is 11.5 Å². The number of rotatable bonds is 3.